The third-order valence-electron chi connectivity index (χ3n) is 6.75. The molecule has 33 heavy (non-hydrogen) atoms. The van der Waals surface area contributed by atoms with Crippen molar-refractivity contribution in [3.63, 3.8) is 0 Å². The van der Waals surface area contributed by atoms with Crippen LogP contribution in [-0.2, 0) is 0 Å². The predicted octanol–water partition coefficient (Wildman–Crippen LogP) is 4.40. The fourth-order valence-corrected chi connectivity index (χ4v) is 4.94. The first-order valence-electron chi connectivity index (χ1n) is 11.7. The van der Waals surface area contributed by atoms with Crippen molar-refractivity contribution in [2.45, 2.75) is 51.5 Å². The van der Waals surface area contributed by atoms with Crippen LogP contribution < -0.4 is 0 Å². The van der Waals surface area contributed by atoms with Crippen molar-refractivity contribution in [2.24, 2.45) is 0 Å². The van der Waals surface area contributed by atoms with Crippen LogP contribution in [0.4, 0.5) is 4.39 Å². The van der Waals surface area contributed by atoms with Gasteiger partial charge in [-0.05, 0) is 69.7 Å². The molecular weight excluding hydrogens is 421 g/mol. The Hall–Kier alpha value is -3.29. The number of aromatic nitrogens is 3. The highest BCUT2D eigenvalue weighted by atomic mass is 19.1. The maximum Gasteiger partial charge on any atom is 0.270 e. The first-order valence-corrected chi connectivity index (χ1v) is 11.7. The van der Waals surface area contributed by atoms with Crippen molar-refractivity contribution in [3.8, 4) is 0 Å². The maximum atomic E-state index is 13.6. The zero-order valence-corrected chi connectivity index (χ0v) is 18.8. The highest BCUT2D eigenvalue weighted by molar-refractivity contribution is 5.98. The number of hydrogen-bond donors (Lipinski definition) is 1. The number of aryl methyl sites for hydroxylation is 1. The van der Waals surface area contributed by atoms with Crippen LogP contribution in [0.15, 0.2) is 30.5 Å². The van der Waals surface area contributed by atoms with Crippen LogP contribution in [0.5, 0.6) is 0 Å². The first-order chi connectivity index (χ1) is 16.0. The standard InChI is InChI=1S/C25H28FN5O2/c1-16-19(24(32)30-10-4-2-5-11-30)15-27-23(28-16)22-7-3-6-12-31(22)25(33)21-14-17-13-18(26)8-9-20(17)29-21/h8-9,13-15,22,29H,2-7,10-12H2,1H3/t22-/m0/s1. The molecule has 1 aromatic carbocycles. The van der Waals surface area contributed by atoms with E-state index in [1.165, 1.54) is 12.1 Å². The van der Waals surface area contributed by atoms with Crippen molar-refractivity contribution in [3.05, 3.63) is 59.1 Å². The van der Waals surface area contributed by atoms with Gasteiger partial charge in [-0.15, -0.1) is 0 Å². The summed E-state index contributed by atoms with van der Waals surface area (Å²) >= 11 is 0. The smallest absolute Gasteiger partial charge is 0.270 e. The van der Waals surface area contributed by atoms with Gasteiger partial charge in [0.05, 0.1) is 17.3 Å². The molecule has 1 atom stereocenters. The first kappa shape index (κ1) is 21.6. The van der Waals surface area contributed by atoms with Crippen molar-refractivity contribution in [1.29, 1.82) is 0 Å². The third-order valence-corrected chi connectivity index (χ3v) is 6.75. The van der Waals surface area contributed by atoms with Gasteiger partial charge in [0.2, 0.25) is 0 Å². The molecule has 2 fully saturated rings. The highest BCUT2D eigenvalue weighted by Gasteiger charge is 2.32. The fraction of sp³-hybridized carbons (Fsp3) is 0.440. The lowest BCUT2D eigenvalue weighted by atomic mass is 10.0. The number of likely N-dealkylation sites (tertiary alicyclic amines) is 2. The molecule has 2 amide bonds. The van der Waals surface area contributed by atoms with E-state index in [1.807, 2.05) is 11.8 Å². The van der Waals surface area contributed by atoms with Gasteiger partial charge in [-0.25, -0.2) is 14.4 Å². The van der Waals surface area contributed by atoms with Gasteiger partial charge in [0.15, 0.2) is 5.82 Å². The van der Waals surface area contributed by atoms with E-state index < -0.39 is 0 Å². The van der Waals surface area contributed by atoms with Crippen molar-refractivity contribution in [1.82, 2.24) is 24.8 Å². The van der Waals surface area contributed by atoms with E-state index >= 15 is 0 Å². The number of nitrogens with zero attached hydrogens (tertiary/aromatic N) is 4. The predicted molar refractivity (Wildman–Crippen MR) is 122 cm³/mol. The Morgan fingerprint density at radius 1 is 1.03 bits per heavy atom. The summed E-state index contributed by atoms with van der Waals surface area (Å²) < 4.78 is 13.6. The Kier molecular flexibility index (Phi) is 5.83. The lowest BCUT2D eigenvalue weighted by Gasteiger charge is -2.34. The molecule has 7 nitrogen and oxygen atoms in total. The van der Waals surface area contributed by atoms with Gasteiger partial charge in [-0.1, -0.05) is 0 Å². The second-order valence-electron chi connectivity index (χ2n) is 9.00. The second-order valence-corrected chi connectivity index (χ2v) is 9.00. The van der Waals surface area contributed by atoms with E-state index in [4.69, 9.17) is 0 Å². The van der Waals surface area contributed by atoms with E-state index in [1.54, 1.807) is 23.2 Å². The van der Waals surface area contributed by atoms with Crippen LogP contribution in [-0.4, -0.2) is 56.2 Å². The molecule has 4 heterocycles. The van der Waals surface area contributed by atoms with Crippen LogP contribution in [0.1, 0.15) is 76.9 Å². The SMILES string of the molecule is Cc1nc([C@@H]2CCCCN2C(=O)c2cc3cc(F)ccc3[nH]2)ncc1C(=O)N1CCCCC1. The number of H-pyrrole nitrogens is 1. The van der Waals surface area contributed by atoms with E-state index in [9.17, 15) is 14.0 Å². The number of rotatable bonds is 3. The minimum atomic E-state index is -0.334. The molecule has 0 radical (unpaired) electrons. The van der Waals surface area contributed by atoms with Crippen LogP contribution in [0.2, 0.25) is 0 Å². The number of carbonyl (C=O) groups is 2. The Balaban J connectivity index is 1.40. The summed E-state index contributed by atoms with van der Waals surface area (Å²) in [5, 5.41) is 0.666. The Bertz CT molecular complexity index is 1200. The maximum absolute atomic E-state index is 13.6. The van der Waals surface area contributed by atoms with E-state index in [-0.39, 0.29) is 23.7 Å². The molecule has 3 aromatic rings. The molecule has 172 valence electrons. The van der Waals surface area contributed by atoms with Gasteiger partial charge in [-0.3, -0.25) is 9.59 Å². The van der Waals surface area contributed by atoms with Crippen LogP contribution >= 0.6 is 0 Å². The van der Waals surface area contributed by atoms with Crippen molar-refractivity contribution in [2.75, 3.05) is 19.6 Å². The lowest BCUT2D eigenvalue weighted by Crippen LogP contribution is -2.40. The van der Waals surface area contributed by atoms with Crippen LogP contribution in [0, 0.1) is 12.7 Å². The number of amides is 2. The average Bonchev–Trinajstić information content (AvgIpc) is 3.27. The zero-order valence-electron chi connectivity index (χ0n) is 18.8. The highest BCUT2D eigenvalue weighted by Crippen LogP contribution is 2.31. The quantitative estimate of drug-likeness (QED) is 0.643. The molecular formula is C25H28FN5O2. The Morgan fingerprint density at radius 2 is 1.82 bits per heavy atom. The molecule has 0 saturated carbocycles. The molecule has 2 aliphatic rings. The number of fused-ring (bicyclic) bond motifs is 1. The summed E-state index contributed by atoms with van der Waals surface area (Å²) in [5.41, 5.74) is 2.33. The van der Waals surface area contributed by atoms with Gasteiger partial charge < -0.3 is 14.8 Å². The topological polar surface area (TPSA) is 82.2 Å². The zero-order chi connectivity index (χ0) is 22.9. The molecule has 8 heteroatoms. The molecule has 2 aliphatic heterocycles. The van der Waals surface area contributed by atoms with Crippen LogP contribution in [0.3, 0.4) is 0 Å². The van der Waals surface area contributed by atoms with Crippen molar-refractivity contribution >= 4 is 22.7 Å². The summed E-state index contributed by atoms with van der Waals surface area (Å²) in [6.07, 6.45) is 7.49. The lowest BCUT2D eigenvalue weighted by molar-refractivity contribution is 0.0592. The number of carbonyl (C=O) groups excluding carboxylic acids is 2. The molecule has 0 spiro atoms. The minimum Gasteiger partial charge on any atom is -0.351 e. The molecule has 2 aromatic heterocycles. The normalized spacial score (nSPS) is 19.2. The summed E-state index contributed by atoms with van der Waals surface area (Å²) in [4.78, 5) is 42.3. The van der Waals surface area contributed by atoms with E-state index in [2.05, 4.69) is 15.0 Å². The van der Waals surface area contributed by atoms with E-state index in [0.29, 0.717) is 34.7 Å². The molecule has 2 saturated heterocycles. The summed E-state index contributed by atoms with van der Waals surface area (Å²) in [6.45, 7) is 3.99. The number of nitrogens with one attached hydrogen (secondary N) is 1. The Morgan fingerprint density at radius 3 is 2.61 bits per heavy atom. The molecule has 1 N–H and O–H groups in total. The second kappa shape index (κ2) is 8.92. The van der Waals surface area contributed by atoms with Gasteiger partial charge >= 0.3 is 0 Å². The monoisotopic (exact) mass is 449 g/mol. The number of hydrogen-bond acceptors (Lipinski definition) is 4. The van der Waals surface area contributed by atoms with Gasteiger partial charge in [0, 0.05) is 36.7 Å². The van der Waals surface area contributed by atoms with Gasteiger partial charge in [-0.2, -0.15) is 0 Å². The minimum absolute atomic E-state index is 0.0133. The number of benzene rings is 1. The summed E-state index contributed by atoms with van der Waals surface area (Å²) in [5.74, 6) is 0.0731. The molecule has 0 aliphatic carbocycles. The summed E-state index contributed by atoms with van der Waals surface area (Å²) in [6, 6.07) is 5.87. The van der Waals surface area contributed by atoms with Gasteiger partial charge in [0.1, 0.15) is 11.5 Å². The Labute approximate surface area is 192 Å². The van der Waals surface area contributed by atoms with Crippen LogP contribution in [0.25, 0.3) is 10.9 Å². The number of piperidine rings is 2. The molecule has 0 bridgehead atoms. The van der Waals surface area contributed by atoms with E-state index in [0.717, 1.165) is 57.1 Å². The third kappa shape index (κ3) is 4.21. The van der Waals surface area contributed by atoms with Gasteiger partial charge in [0.25, 0.3) is 11.8 Å². The summed E-state index contributed by atoms with van der Waals surface area (Å²) in [7, 11) is 0. The molecule has 5 rings (SSSR count). The fourth-order valence-electron chi connectivity index (χ4n) is 4.94. The molecule has 0 unspecified atom stereocenters. The average molecular weight is 450 g/mol. The number of aromatic amines is 1. The van der Waals surface area contributed by atoms with Crippen molar-refractivity contribution < 1.29 is 14.0 Å². The largest absolute Gasteiger partial charge is 0.351 e. The number of halogens is 1.